The third-order valence-corrected chi connectivity index (χ3v) is 5.41. The minimum atomic E-state index is 0.188. The number of aliphatic imine (C=N–C) groups is 2. The van der Waals surface area contributed by atoms with E-state index in [0.717, 1.165) is 21.5 Å². The molecule has 5 rings (SSSR count). The van der Waals surface area contributed by atoms with Crippen molar-refractivity contribution in [1.29, 1.82) is 0 Å². The number of hydrogen-bond acceptors (Lipinski definition) is 4. The summed E-state index contributed by atoms with van der Waals surface area (Å²) in [6, 6.07) is 30.4. The van der Waals surface area contributed by atoms with Crippen LogP contribution in [0.15, 0.2) is 107 Å². The van der Waals surface area contributed by atoms with Gasteiger partial charge in [-0.3, -0.25) is 9.98 Å². The number of phenols is 2. The number of phenolic OH excluding ortho intramolecular Hbond substituents is 2. The van der Waals surface area contributed by atoms with Gasteiger partial charge < -0.3 is 10.2 Å². The molecule has 5 aromatic rings. The van der Waals surface area contributed by atoms with Crippen molar-refractivity contribution < 1.29 is 10.2 Å². The van der Waals surface area contributed by atoms with E-state index in [9.17, 15) is 10.2 Å². The van der Waals surface area contributed by atoms with Crippen LogP contribution < -0.4 is 0 Å². The first kappa shape index (κ1) is 19.5. The summed E-state index contributed by atoms with van der Waals surface area (Å²) in [7, 11) is 0. The number of aromatic hydroxyl groups is 2. The molecule has 154 valence electrons. The van der Waals surface area contributed by atoms with Crippen molar-refractivity contribution in [3.05, 3.63) is 108 Å². The van der Waals surface area contributed by atoms with Crippen molar-refractivity contribution in [2.75, 3.05) is 0 Å². The molecule has 0 aliphatic carbocycles. The molecule has 0 saturated heterocycles. The molecule has 0 aliphatic heterocycles. The smallest absolute Gasteiger partial charge is 0.124 e. The molecule has 0 unspecified atom stereocenters. The van der Waals surface area contributed by atoms with Crippen LogP contribution in [0.1, 0.15) is 11.1 Å². The van der Waals surface area contributed by atoms with E-state index in [1.54, 1.807) is 24.6 Å². The van der Waals surface area contributed by atoms with Crippen molar-refractivity contribution in [3.8, 4) is 11.5 Å². The molecule has 0 bridgehead atoms. The van der Waals surface area contributed by atoms with Gasteiger partial charge in [-0.05, 0) is 51.9 Å². The molecule has 0 fully saturated rings. The maximum absolute atomic E-state index is 10.3. The lowest BCUT2D eigenvalue weighted by atomic mass is 10.0. The third kappa shape index (κ3) is 3.82. The average Bonchev–Trinajstić information content (AvgIpc) is 2.83. The lowest BCUT2D eigenvalue weighted by Crippen LogP contribution is -1.86. The van der Waals surface area contributed by atoms with Gasteiger partial charge in [-0.2, -0.15) is 0 Å². The zero-order valence-electron chi connectivity index (χ0n) is 17.2. The van der Waals surface area contributed by atoms with E-state index in [-0.39, 0.29) is 11.5 Å². The van der Waals surface area contributed by atoms with Gasteiger partial charge in [-0.1, -0.05) is 66.7 Å². The highest BCUT2D eigenvalue weighted by Crippen LogP contribution is 2.28. The maximum atomic E-state index is 10.3. The zero-order valence-corrected chi connectivity index (χ0v) is 17.2. The Balaban J connectivity index is 1.47. The van der Waals surface area contributed by atoms with Crippen LogP contribution >= 0.6 is 0 Å². The topological polar surface area (TPSA) is 65.2 Å². The molecule has 0 saturated carbocycles. The third-order valence-electron chi connectivity index (χ3n) is 5.41. The summed E-state index contributed by atoms with van der Waals surface area (Å²) in [5.74, 6) is 0.376. The highest BCUT2D eigenvalue weighted by molar-refractivity contribution is 6.04. The largest absolute Gasteiger partial charge is 0.507 e. The molecule has 5 aromatic carbocycles. The van der Waals surface area contributed by atoms with Gasteiger partial charge in [0.15, 0.2) is 0 Å². The molecule has 32 heavy (non-hydrogen) atoms. The second-order valence-electron chi connectivity index (χ2n) is 7.48. The normalized spacial score (nSPS) is 11.8. The van der Waals surface area contributed by atoms with Gasteiger partial charge >= 0.3 is 0 Å². The fraction of sp³-hybridized carbons (Fsp3) is 0. The average molecular weight is 416 g/mol. The van der Waals surface area contributed by atoms with Crippen LogP contribution in [0.2, 0.25) is 0 Å². The Labute approximate surface area is 185 Å². The van der Waals surface area contributed by atoms with Crippen LogP contribution in [0.4, 0.5) is 11.4 Å². The summed E-state index contributed by atoms with van der Waals surface area (Å²) in [5, 5.41) is 24.6. The van der Waals surface area contributed by atoms with Gasteiger partial charge in [0.05, 0.1) is 11.4 Å². The highest BCUT2D eigenvalue weighted by Gasteiger charge is 2.06. The van der Waals surface area contributed by atoms with Gasteiger partial charge in [-0.15, -0.1) is 0 Å². The molecule has 0 aromatic heterocycles. The predicted molar refractivity (Wildman–Crippen MR) is 132 cm³/mol. The van der Waals surface area contributed by atoms with E-state index < -0.39 is 0 Å². The van der Waals surface area contributed by atoms with Crippen molar-refractivity contribution in [1.82, 2.24) is 0 Å². The van der Waals surface area contributed by atoms with E-state index in [0.29, 0.717) is 22.5 Å². The van der Waals surface area contributed by atoms with Crippen molar-refractivity contribution in [2.24, 2.45) is 9.98 Å². The lowest BCUT2D eigenvalue weighted by Gasteiger charge is -2.05. The molecule has 0 heterocycles. The standard InChI is InChI=1S/C28H20N2O2/c31-27-14-12-19-6-1-3-10-23(19)25(27)17-29-21-8-5-9-22(16-21)30-18-26-24-11-4-2-7-20(24)13-15-28(26)32/h1-18,31-32H. The summed E-state index contributed by atoms with van der Waals surface area (Å²) < 4.78 is 0. The molecule has 4 nitrogen and oxygen atoms in total. The molecule has 0 atom stereocenters. The quantitative estimate of drug-likeness (QED) is 0.313. The monoisotopic (exact) mass is 416 g/mol. The summed E-state index contributed by atoms with van der Waals surface area (Å²) in [4.78, 5) is 9.12. The minimum Gasteiger partial charge on any atom is -0.507 e. The van der Waals surface area contributed by atoms with Gasteiger partial charge in [0.1, 0.15) is 11.5 Å². The maximum Gasteiger partial charge on any atom is 0.124 e. The van der Waals surface area contributed by atoms with Crippen LogP contribution in [0.25, 0.3) is 21.5 Å². The van der Waals surface area contributed by atoms with E-state index >= 15 is 0 Å². The molecule has 2 N–H and O–H groups in total. The van der Waals surface area contributed by atoms with E-state index in [2.05, 4.69) is 9.98 Å². The Morgan fingerprint density at radius 3 is 1.47 bits per heavy atom. The molecule has 0 spiro atoms. The first-order valence-corrected chi connectivity index (χ1v) is 10.3. The Morgan fingerprint density at radius 2 is 0.969 bits per heavy atom. The molecule has 0 amide bonds. The highest BCUT2D eigenvalue weighted by atomic mass is 16.3. The number of nitrogens with zero attached hydrogens (tertiary/aromatic N) is 2. The predicted octanol–water partition coefficient (Wildman–Crippen LogP) is 6.91. The van der Waals surface area contributed by atoms with Crippen LogP contribution in [0, 0.1) is 0 Å². The van der Waals surface area contributed by atoms with E-state index in [4.69, 9.17) is 0 Å². The Kier molecular flexibility index (Phi) is 5.10. The zero-order chi connectivity index (χ0) is 21.9. The van der Waals surface area contributed by atoms with Crippen molar-refractivity contribution >= 4 is 45.3 Å². The van der Waals surface area contributed by atoms with Crippen LogP contribution in [-0.2, 0) is 0 Å². The van der Waals surface area contributed by atoms with Crippen molar-refractivity contribution in [3.63, 3.8) is 0 Å². The Bertz CT molecular complexity index is 1390. The Morgan fingerprint density at radius 1 is 0.500 bits per heavy atom. The minimum absolute atomic E-state index is 0.188. The lowest BCUT2D eigenvalue weighted by molar-refractivity contribution is 0.475. The van der Waals surface area contributed by atoms with E-state index in [1.807, 2.05) is 84.9 Å². The summed E-state index contributed by atoms with van der Waals surface area (Å²) in [5.41, 5.74) is 2.79. The molecular formula is C28H20N2O2. The first-order chi connectivity index (χ1) is 15.7. The number of hydrogen-bond donors (Lipinski definition) is 2. The second kappa shape index (κ2) is 8.36. The summed E-state index contributed by atoms with van der Waals surface area (Å²) >= 11 is 0. The second-order valence-corrected chi connectivity index (χ2v) is 7.48. The van der Waals surface area contributed by atoms with Gasteiger partial charge in [0.2, 0.25) is 0 Å². The number of benzene rings is 5. The number of fused-ring (bicyclic) bond motifs is 2. The fourth-order valence-corrected chi connectivity index (χ4v) is 3.77. The molecule has 0 aliphatic rings. The van der Waals surface area contributed by atoms with Gasteiger partial charge in [-0.25, -0.2) is 0 Å². The SMILES string of the molecule is Oc1ccc2ccccc2c1C=Nc1cccc(N=Cc2c(O)ccc3ccccc23)c1. The van der Waals surface area contributed by atoms with E-state index in [1.165, 1.54) is 0 Å². The summed E-state index contributed by atoms with van der Waals surface area (Å²) in [6.45, 7) is 0. The van der Waals surface area contributed by atoms with Gasteiger partial charge in [0.25, 0.3) is 0 Å². The molecule has 0 radical (unpaired) electrons. The first-order valence-electron chi connectivity index (χ1n) is 10.3. The fourth-order valence-electron chi connectivity index (χ4n) is 3.77. The van der Waals surface area contributed by atoms with Crippen LogP contribution in [0.3, 0.4) is 0 Å². The number of rotatable bonds is 4. The Hall–Kier alpha value is -4.44. The molecule has 4 heteroatoms. The van der Waals surface area contributed by atoms with Crippen LogP contribution in [0.5, 0.6) is 11.5 Å². The van der Waals surface area contributed by atoms with Gasteiger partial charge in [0, 0.05) is 23.6 Å². The molecular weight excluding hydrogens is 396 g/mol. The van der Waals surface area contributed by atoms with Crippen LogP contribution in [-0.4, -0.2) is 22.6 Å². The summed E-state index contributed by atoms with van der Waals surface area (Å²) in [6.07, 6.45) is 3.36. The van der Waals surface area contributed by atoms with Crippen molar-refractivity contribution in [2.45, 2.75) is 0 Å².